The first-order valence-electron chi connectivity index (χ1n) is 7.21. The summed E-state index contributed by atoms with van der Waals surface area (Å²) in [4.78, 5) is 4.60. The van der Waals surface area contributed by atoms with Gasteiger partial charge in [-0.3, -0.25) is 4.99 Å². The van der Waals surface area contributed by atoms with Crippen LogP contribution >= 0.6 is 0 Å². The van der Waals surface area contributed by atoms with E-state index < -0.39 is 0 Å². The minimum absolute atomic E-state index is 0.748. The molecule has 2 heteroatoms. The van der Waals surface area contributed by atoms with Crippen molar-refractivity contribution in [1.29, 1.82) is 0 Å². The standard InChI is InChI=1S/C20H20N2/c1-15-8-13-20(16(2)14-15)22-17(3)6-4-5-7-18-9-11-19(21)12-10-18/h4,6,8-14H,21H2,1-3H3/b6-4+,22-17?. The molecule has 2 rings (SSSR count). The zero-order chi connectivity index (χ0) is 15.9. The zero-order valence-corrected chi connectivity index (χ0v) is 13.2. The second-order valence-corrected chi connectivity index (χ2v) is 5.27. The monoisotopic (exact) mass is 288 g/mol. The van der Waals surface area contributed by atoms with Crippen LogP contribution in [-0.2, 0) is 0 Å². The van der Waals surface area contributed by atoms with Gasteiger partial charge < -0.3 is 5.73 Å². The van der Waals surface area contributed by atoms with Crippen molar-refractivity contribution in [3.05, 3.63) is 71.3 Å². The van der Waals surface area contributed by atoms with Crippen molar-refractivity contribution in [3.63, 3.8) is 0 Å². The highest BCUT2D eigenvalue weighted by atomic mass is 14.7. The van der Waals surface area contributed by atoms with Gasteiger partial charge in [0.05, 0.1) is 5.69 Å². The molecule has 0 aromatic heterocycles. The molecule has 0 aliphatic carbocycles. The lowest BCUT2D eigenvalue weighted by molar-refractivity contribution is 1.34. The van der Waals surface area contributed by atoms with Crippen molar-refractivity contribution in [3.8, 4) is 11.8 Å². The molecule has 0 fully saturated rings. The number of nitrogens with zero attached hydrogens (tertiary/aromatic N) is 1. The minimum Gasteiger partial charge on any atom is -0.399 e. The Morgan fingerprint density at radius 1 is 1.09 bits per heavy atom. The summed E-state index contributed by atoms with van der Waals surface area (Å²) in [6.45, 7) is 6.13. The van der Waals surface area contributed by atoms with Gasteiger partial charge in [-0.15, -0.1) is 0 Å². The lowest BCUT2D eigenvalue weighted by atomic mass is 10.1. The SMILES string of the molecule is CC(/C=C/C#Cc1ccc(N)cc1)=Nc1ccc(C)cc1C. The van der Waals surface area contributed by atoms with Crippen LogP contribution < -0.4 is 5.73 Å². The van der Waals surface area contributed by atoms with E-state index >= 15 is 0 Å². The molecule has 2 aromatic rings. The van der Waals surface area contributed by atoms with Gasteiger partial charge in [0.2, 0.25) is 0 Å². The first-order chi connectivity index (χ1) is 10.5. The highest BCUT2D eigenvalue weighted by Crippen LogP contribution is 2.19. The van der Waals surface area contributed by atoms with Crippen LogP contribution in [-0.4, -0.2) is 5.71 Å². The number of hydrogen-bond donors (Lipinski definition) is 1. The number of aryl methyl sites for hydroxylation is 2. The van der Waals surface area contributed by atoms with E-state index in [4.69, 9.17) is 5.73 Å². The molecule has 0 aliphatic rings. The third kappa shape index (κ3) is 4.64. The average Bonchev–Trinajstić information content (AvgIpc) is 2.48. The maximum atomic E-state index is 5.64. The van der Waals surface area contributed by atoms with Crippen molar-refractivity contribution < 1.29 is 0 Å². The normalized spacial score (nSPS) is 11.3. The second-order valence-electron chi connectivity index (χ2n) is 5.27. The highest BCUT2D eigenvalue weighted by Gasteiger charge is 1.96. The lowest BCUT2D eigenvalue weighted by Gasteiger charge is -2.01. The number of anilines is 1. The van der Waals surface area contributed by atoms with E-state index in [1.165, 1.54) is 11.1 Å². The fourth-order valence-electron chi connectivity index (χ4n) is 2.01. The Morgan fingerprint density at radius 2 is 1.82 bits per heavy atom. The summed E-state index contributed by atoms with van der Waals surface area (Å²) in [7, 11) is 0. The fourth-order valence-corrected chi connectivity index (χ4v) is 2.01. The summed E-state index contributed by atoms with van der Waals surface area (Å²) in [6.07, 6.45) is 3.74. The summed E-state index contributed by atoms with van der Waals surface area (Å²) in [6, 6.07) is 13.8. The highest BCUT2D eigenvalue weighted by molar-refractivity contribution is 5.95. The Kier molecular flexibility index (Phi) is 5.16. The summed E-state index contributed by atoms with van der Waals surface area (Å²) in [5.41, 5.74) is 11.7. The molecule has 0 atom stereocenters. The van der Waals surface area contributed by atoms with Crippen LogP contribution in [0.5, 0.6) is 0 Å². The number of hydrogen-bond acceptors (Lipinski definition) is 2. The Bertz CT molecular complexity index is 770. The quantitative estimate of drug-likeness (QED) is 0.490. The summed E-state index contributed by atoms with van der Waals surface area (Å²) < 4.78 is 0. The molecule has 0 spiro atoms. The van der Waals surface area contributed by atoms with E-state index in [1.807, 2.05) is 49.4 Å². The van der Waals surface area contributed by atoms with Gasteiger partial charge in [-0.1, -0.05) is 29.5 Å². The number of aliphatic imine (C=N–C) groups is 1. The van der Waals surface area contributed by atoms with Gasteiger partial charge in [0, 0.05) is 17.0 Å². The third-order valence-electron chi connectivity index (χ3n) is 3.18. The molecule has 2 nitrogen and oxygen atoms in total. The molecule has 0 radical (unpaired) electrons. The molecular weight excluding hydrogens is 268 g/mol. The molecular formula is C20H20N2. The van der Waals surface area contributed by atoms with E-state index in [0.717, 1.165) is 22.6 Å². The topological polar surface area (TPSA) is 38.4 Å². The van der Waals surface area contributed by atoms with Crippen molar-refractivity contribution in [1.82, 2.24) is 0 Å². The molecule has 2 N–H and O–H groups in total. The van der Waals surface area contributed by atoms with E-state index in [1.54, 1.807) is 0 Å². The Morgan fingerprint density at radius 3 is 2.50 bits per heavy atom. The number of nitrogens with two attached hydrogens (primary N) is 1. The van der Waals surface area contributed by atoms with E-state index in [2.05, 4.69) is 42.8 Å². The Hall–Kier alpha value is -2.79. The van der Waals surface area contributed by atoms with Crippen molar-refractivity contribution >= 4 is 17.1 Å². The summed E-state index contributed by atoms with van der Waals surface area (Å²) in [5, 5.41) is 0. The molecule has 0 aliphatic heterocycles. The lowest BCUT2D eigenvalue weighted by Crippen LogP contribution is -1.85. The van der Waals surface area contributed by atoms with Crippen LogP contribution in [0.3, 0.4) is 0 Å². The van der Waals surface area contributed by atoms with E-state index in [-0.39, 0.29) is 0 Å². The predicted octanol–water partition coefficient (Wildman–Crippen LogP) is 4.59. The van der Waals surface area contributed by atoms with Crippen molar-refractivity contribution in [2.75, 3.05) is 5.73 Å². The smallest absolute Gasteiger partial charge is 0.0662 e. The van der Waals surface area contributed by atoms with Gasteiger partial charge in [-0.25, -0.2) is 0 Å². The van der Waals surface area contributed by atoms with Crippen molar-refractivity contribution in [2.45, 2.75) is 20.8 Å². The average molecular weight is 288 g/mol. The van der Waals surface area contributed by atoms with Crippen LogP contribution in [0.15, 0.2) is 59.6 Å². The Labute approximate surface area is 132 Å². The number of nitrogen functional groups attached to an aromatic ring is 1. The molecule has 2 aromatic carbocycles. The first-order valence-corrected chi connectivity index (χ1v) is 7.21. The van der Waals surface area contributed by atoms with E-state index in [9.17, 15) is 0 Å². The van der Waals surface area contributed by atoms with Crippen molar-refractivity contribution in [2.24, 2.45) is 4.99 Å². The zero-order valence-electron chi connectivity index (χ0n) is 13.2. The molecule has 0 saturated carbocycles. The number of allylic oxidation sites excluding steroid dienone is 2. The molecule has 0 heterocycles. The second kappa shape index (κ2) is 7.28. The number of benzene rings is 2. The number of rotatable bonds is 2. The molecule has 22 heavy (non-hydrogen) atoms. The van der Waals surface area contributed by atoms with Crippen LogP contribution in [0.25, 0.3) is 0 Å². The van der Waals surface area contributed by atoms with Crippen LogP contribution in [0.2, 0.25) is 0 Å². The largest absolute Gasteiger partial charge is 0.399 e. The van der Waals surface area contributed by atoms with Crippen LogP contribution in [0.4, 0.5) is 11.4 Å². The molecule has 0 amide bonds. The molecule has 0 bridgehead atoms. The molecule has 110 valence electrons. The van der Waals surface area contributed by atoms with Gasteiger partial charge in [0.1, 0.15) is 0 Å². The third-order valence-corrected chi connectivity index (χ3v) is 3.18. The van der Waals surface area contributed by atoms with Crippen LogP contribution in [0, 0.1) is 25.7 Å². The van der Waals surface area contributed by atoms with Gasteiger partial charge >= 0.3 is 0 Å². The van der Waals surface area contributed by atoms with E-state index in [0.29, 0.717) is 0 Å². The summed E-state index contributed by atoms with van der Waals surface area (Å²) in [5.74, 6) is 6.07. The Balaban J connectivity index is 2.06. The maximum absolute atomic E-state index is 5.64. The predicted molar refractivity (Wildman–Crippen MR) is 95.6 cm³/mol. The van der Waals surface area contributed by atoms with Gasteiger partial charge in [-0.05, 0) is 68.8 Å². The van der Waals surface area contributed by atoms with Gasteiger partial charge in [0.25, 0.3) is 0 Å². The fraction of sp³-hybridized carbons (Fsp3) is 0.150. The summed E-state index contributed by atoms with van der Waals surface area (Å²) >= 11 is 0. The van der Waals surface area contributed by atoms with Crippen LogP contribution in [0.1, 0.15) is 23.6 Å². The maximum Gasteiger partial charge on any atom is 0.0662 e. The minimum atomic E-state index is 0.748. The van der Waals surface area contributed by atoms with Gasteiger partial charge in [0.15, 0.2) is 0 Å². The molecule has 0 saturated heterocycles. The molecule has 0 unspecified atom stereocenters. The first kappa shape index (κ1) is 15.6. The van der Waals surface area contributed by atoms with Gasteiger partial charge in [-0.2, -0.15) is 0 Å².